The average Bonchev–Trinajstić information content (AvgIpc) is 3.32. The van der Waals surface area contributed by atoms with Gasteiger partial charge in [0.05, 0.1) is 11.2 Å². The first-order valence-electron chi connectivity index (χ1n) is 11.1. The molecule has 0 atom stereocenters. The van der Waals surface area contributed by atoms with Gasteiger partial charge >= 0.3 is 0 Å². The molecule has 0 bridgehead atoms. The number of hydrogen-bond donors (Lipinski definition) is 0. The second-order valence-electron chi connectivity index (χ2n) is 8.19. The van der Waals surface area contributed by atoms with Crippen LogP contribution >= 0.6 is 7.26 Å². The van der Waals surface area contributed by atoms with E-state index in [-0.39, 0.29) is 12.4 Å². The molecule has 0 saturated carbocycles. The van der Waals surface area contributed by atoms with Crippen LogP contribution in [0.5, 0.6) is 0 Å². The molecule has 0 spiro atoms. The first-order valence-corrected chi connectivity index (χ1v) is 13.1. The molecule has 166 valence electrons. The highest BCUT2D eigenvalue weighted by atomic mass is 35.5. The summed E-state index contributed by atoms with van der Waals surface area (Å²) in [6.45, 7) is 0. The van der Waals surface area contributed by atoms with Crippen LogP contribution in [0.15, 0.2) is 128 Å². The van der Waals surface area contributed by atoms with Crippen molar-refractivity contribution in [3.63, 3.8) is 0 Å². The second kappa shape index (κ2) is 9.38. The Morgan fingerprint density at radius 2 is 1.21 bits per heavy atom. The third kappa shape index (κ3) is 3.77. The van der Waals surface area contributed by atoms with E-state index < -0.39 is 7.26 Å². The van der Waals surface area contributed by atoms with Gasteiger partial charge in [-0.2, -0.15) is 0 Å². The molecule has 34 heavy (non-hydrogen) atoms. The summed E-state index contributed by atoms with van der Waals surface area (Å²) in [6.07, 6.45) is 6.94. The van der Waals surface area contributed by atoms with E-state index in [0.29, 0.717) is 0 Å². The molecule has 0 fully saturated rings. The molecule has 0 aliphatic rings. The van der Waals surface area contributed by atoms with Crippen LogP contribution in [0.25, 0.3) is 16.6 Å². The van der Waals surface area contributed by atoms with E-state index in [1.807, 2.05) is 12.3 Å². The largest absolute Gasteiger partial charge is 1.00 e. The molecule has 0 aliphatic heterocycles. The predicted octanol–water partition coefficient (Wildman–Crippen LogP) is 2.38. The van der Waals surface area contributed by atoms with Crippen molar-refractivity contribution in [1.82, 2.24) is 14.4 Å². The number of halogens is 1. The summed E-state index contributed by atoms with van der Waals surface area (Å²) >= 11 is 0. The molecule has 3 heterocycles. The van der Waals surface area contributed by atoms with E-state index in [9.17, 15) is 0 Å². The molecule has 5 heteroatoms. The van der Waals surface area contributed by atoms with Crippen molar-refractivity contribution >= 4 is 39.7 Å². The Morgan fingerprint density at radius 3 is 1.76 bits per heavy atom. The fraction of sp³-hybridized carbons (Fsp3) is 0.0345. The highest BCUT2D eigenvalue weighted by Gasteiger charge is 2.46. The Labute approximate surface area is 205 Å². The van der Waals surface area contributed by atoms with Crippen LogP contribution in [0.1, 0.15) is 5.69 Å². The number of pyridine rings is 2. The number of imidazole rings is 1. The Hall–Kier alpha value is -3.52. The maximum absolute atomic E-state index is 5.15. The molecular formula is C29H23ClN3P. The van der Waals surface area contributed by atoms with Crippen LogP contribution in [0.2, 0.25) is 0 Å². The Balaban J connectivity index is 0.00000241. The Bertz CT molecular complexity index is 1440. The fourth-order valence-electron chi connectivity index (χ4n) is 4.74. The molecule has 0 radical (unpaired) electrons. The summed E-state index contributed by atoms with van der Waals surface area (Å²) < 4.78 is 2.13. The van der Waals surface area contributed by atoms with Gasteiger partial charge in [0.25, 0.3) is 0 Å². The standard InChI is InChI=1S/C29H23N3P.ClH/c1-4-11-24(12-5-1)33(25-13-6-2-7-14-25,26-15-8-3-9-16-26)22-23-21-32-20-18-28-27(29(32)31-23)17-10-19-30-28;/h1-21H,22H2;1H/q+1;/p-1. The topological polar surface area (TPSA) is 30.2 Å². The van der Waals surface area contributed by atoms with E-state index >= 15 is 0 Å². The molecule has 0 unspecified atom stereocenters. The normalized spacial score (nSPS) is 11.4. The van der Waals surface area contributed by atoms with E-state index in [1.54, 1.807) is 0 Å². The van der Waals surface area contributed by atoms with Crippen molar-refractivity contribution in [2.75, 3.05) is 0 Å². The average molecular weight is 480 g/mol. The molecule has 3 nitrogen and oxygen atoms in total. The fourth-order valence-corrected chi connectivity index (χ4v) is 8.86. The van der Waals surface area contributed by atoms with Crippen molar-refractivity contribution in [3.8, 4) is 0 Å². The number of fused-ring (bicyclic) bond motifs is 3. The lowest BCUT2D eigenvalue weighted by Crippen LogP contribution is -3.00. The molecule has 3 aromatic heterocycles. The van der Waals surface area contributed by atoms with E-state index in [2.05, 4.69) is 125 Å². The van der Waals surface area contributed by atoms with Crippen molar-refractivity contribution in [1.29, 1.82) is 0 Å². The molecule has 0 aliphatic carbocycles. The summed E-state index contributed by atoms with van der Waals surface area (Å²) in [5.74, 6) is 0. The Kier molecular flexibility index (Phi) is 6.15. The molecular weight excluding hydrogens is 457 g/mol. The number of benzene rings is 3. The molecule has 0 saturated heterocycles. The lowest BCUT2D eigenvalue weighted by Gasteiger charge is -2.27. The molecule has 6 aromatic rings. The lowest BCUT2D eigenvalue weighted by atomic mass is 10.2. The summed E-state index contributed by atoms with van der Waals surface area (Å²) in [4.78, 5) is 9.66. The zero-order valence-corrected chi connectivity index (χ0v) is 20.1. The second-order valence-corrected chi connectivity index (χ2v) is 11.7. The van der Waals surface area contributed by atoms with E-state index in [1.165, 1.54) is 15.9 Å². The Morgan fingerprint density at radius 1 is 0.647 bits per heavy atom. The molecule has 3 aromatic carbocycles. The minimum atomic E-state index is -1.98. The van der Waals surface area contributed by atoms with Gasteiger partial charge in [0.1, 0.15) is 35.0 Å². The first-order chi connectivity index (χ1) is 16.3. The van der Waals surface area contributed by atoms with Crippen LogP contribution in [-0.2, 0) is 6.16 Å². The van der Waals surface area contributed by atoms with Gasteiger partial charge < -0.3 is 16.8 Å². The first kappa shape index (κ1) is 22.3. The van der Waals surface area contributed by atoms with Crippen molar-refractivity contribution in [3.05, 3.63) is 133 Å². The van der Waals surface area contributed by atoms with E-state index in [0.717, 1.165) is 28.4 Å². The smallest absolute Gasteiger partial charge is 0.146 e. The maximum atomic E-state index is 5.15. The number of hydrogen-bond acceptors (Lipinski definition) is 2. The quantitative estimate of drug-likeness (QED) is 0.355. The van der Waals surface area contributed by atoms with Crippen molar-refractivity contribution in [2.24, 2.45) is 0 Å². The van der Waals surface area contributed by atoms with Gasteiger partial charge in [-0.25, -0.2) is 4.98 Å². The summed E-state index contributed by atoms with van der Waals surface area (Å²) in [6, 6.07) is 39.0. The van der Waals surface area contributed by atoms with Crippen molar-refractivity contribution < 1.29 is 12.4 Å². The van der Waals surface area contributed by atoms with Crippen molar-refractivity contribution in [2.45, 2.75) is 6.16 Å². The lowest BCUT2D eigenvalue weighted by molar-refractivity contribution is -0.00000651. The summed E-state index contributed by atoms with van der Waals surface area (Å²) in [7, 11) is -1.98. The summed E-state index contributed by atoms with van der Waals surface area (Å²) in [5, 5.41) is 5.18. The number of rotatable bonds is 5. The van der Waals surface area contributed by atoms with Gasteiger partial charge in [0, 0.05) is 24.0 Å². The van der Waals surface area contributed by atoms with Crippen LogP contribution in [0, 0.1) is 0 Å². The summed E-state index contributed by atoms with van der Waals surface area (Å²) in [5.41, 5.74) is 3.02. The molecule has 6 rings (SSSR count). The van der Waals surface area contributed by atoms with Crippen LogP contribution in [0.4, 0.5) is 0 Å². The third-order valence-corrected chi connectivity index (χ3v) is 10.6. The van der Waals surface area contributed by atoms with Crippen LogP contribution in [0.3, 0.4) is 0 Å². The van der Waals surface area contributed by atoms with Gasteiger partial charge in [0.2, 0.25) is 0 Å². The predicted molar refractivity (Wildman–Crippen MR) is 139 cm³/mol. The monoisotopic (exact) mass is 479 g/mol. The third-order valence-electron chi connectivity index (χ3n) is 6.24. The highest BCUT2D eigenvalue weighted by Crippen LogP contribution is 2.58. The molecule has 0 amide bonds. The number of nitrogens with zero attached hydrogens (tertiary/aromatic N) is 3. The van der Waals surface area contributed by atoms with Crippen LogP contribution < -0.4 is 28.3 Å². The van der Waals surface area contributed by atoms with Gasteiger partial charge in [-0.1, -0.05) is 54.6 Å². The van der Waals surface area contributed by atoms with E-state index in [4.69, 9.17) is 4.98 Å². The molecule has 0 N–H and O–H groups in total. The van der Waals surface area contributed by atoms with Crippen LogP contribution in [-0.4, -0.2) is 14.4 Å². The van der Waals surface area contributed by atoms with Gasteiger partial charge in [0.15, 0.2) is 0 Å². The van der Waals surface area contributed by atoms with Gasteiger partial charge in [-0.3, -0.25) is 4.98 Å². The zero-order valence-electron chi connectivity index (χ0n) is 18.5. The number of aromatic nitrogens is 3. The SMILES string of the molecule is [Cl-].c1ccc([P+](Cc2cn3ccc4ncccc4c3n2)(c2ccccc2)c2ccccc2)cc1. The maximum Gasteiger partial charge on any atom is 0.146 e. The minimum absolute atomic E-state index is 0. The minimum Gasteiger partial charge on any atom is -1.00 e. The van der Waals surface area contributed by atoms with Gasteiger partial charge in [-0.15, -0.1) is 0 Å². The highest BCUT2D eigenvalue weighted by molar-refractivity contribution is 7.95. The van der Waals surface area contributed by atoms with Gasteiger partial charge in [-0.05, 0) is 54.6 Å². The zero-order chi connectivity index (χ0) is 22.1.